The van der Waals surface area contributed by atoms with Crippen LogP contribution < -0.4 is 0 Å². The molecule has 8 heavy (non-hydrogen) atoms. The SMILES string of the molecule is CCN(C)C(C)(C)Cl. The van der Waals surface area contributed by atoms with Gasteiger partial charge >= 0.3 is 0 Å². The van der Waals surface area contributed by atoms with Crippen LogP contribution >= 0.6 is 11.6 Å². The molecule has 2 heteroatoms. The maximum Gasteiger partial charge on any atom is 0.0901 e. The van der Waals surface area contributed by atoms with Crippen molar-refractivity contribution in [2.45, 2.75) is 25.8 Å². The van der Waals surface area contributed by atoms with Gasteiger partial charge in [0.15, 0.2) is 0 Å². The van der Waals surface area contributed by atoms with Crippen molar-refractivity contribution in [2.24, 2.45) is 0 Å². The molecule has 0 atom stereocenters. The fraction of sp³-hybridized carbons (Fsp3) is 1.00. The lowest BCUT2D eigenvalue weighted by Gasteiger charge is -2.27. The van der Waals surface area contributed by atoms with E-state index in [0.717, 1.165) is 6.54 Å². The first kappa shape index (κ1) is 8.25. The molecule has 1 nitrogen and oxygen atoms in total. The Morgan fingerprint density at radius 2 is 1.88 bits per heavy atom. The van der Waals surface area contributed by atoms with Crippen molar-refractivity contribution in [3.8, 4) is 0 Å². The summed E-state index contributed by atoms with van der Waals surface area (Å²) in [7, 11) is 2.01. The van der Waals surface area contributed by atoms with Gasteiger partial charge in [0.1, 0.15) is 0 Å². The van der Waals surface area contributed by atoms with Crippen LogP contribution in [0.25, 0.3) is 0 Å². The first-order valence-electron chi connectivity index (χ1n) is 2.88. The van der Waals surface area contributed by atoms with Crippen molar-refractivity contribution in [1.29, 1.82) is 0 Å². The molecule has 0 aromatic heterocycles. The van der Waals surface area contributed by atoms with Gasteiger partial charge in [-0.25, -0.2) is 0 Å². The Bertz CT molecular complexity index is 65.4. The summed E-state index contributed by atoms with van der Waals surface area (Å²) < 4.78 is 0. The van der Waals surface area contributed by atoms with Crippen molar-refractivity contribution < 1.29 is 0 Å². The molecule has 0 aromatic carbocycles. The van der Waals surface area contributed by atoms with Crippen molar-refractivity contribution in [2.75, 3.05) is 13.6 Å². The molecule has 0 fully saturated rings. The van der Waals surface area contributed by atoms with Crippen LogP contribution in [0.4, 0.5) is 0 Å². The topological polar surface area (TPSA) is 3.24 Å². The van der Waals surface area contributed by atoms with Gasteiger partial charge in [-0.1, -0.05) is 6.92 Å². The van der Waals surface area contributed by atoms with Gasteiger partial charge in [-0.05, 0) is 27.4 Å². The second kappa shape index (κ2) is 2.70. The average Bonchev–Trinajstić information content (AvgIpc) is 1.62. The second-order valence-electron chi connectivity index (χ2n) is 2.42. The third kappa shape index (κ3) is 2.53. The molecule has 0 aliphatic heterocycles. The van der Waals surface area contributed by atoms with E-state index in [4.69, 9.17) is 11.6 Å². The Hall–Kier alpha value is 0.250. The number of hydrogen-bond donors (Lipinski definition) is 0. The molecule has 50 valence electrons. The van der Waals surface area contributed by atoms with Gasteiger partial charge in [0, 0.05) is 0 Å². The number of nitrogens with zero attached hydrogens (tertiary/aromatic N) is 1. The molecule has 0 aliphatic carbocycles. The van der Waals surface area contributed by atoms with Crippen LogP contribution in [-0.2, 0) is 0 Å². The van der Waals surface area contributed by atoms with Crippen LogP contribution in [0.2, 0.25) is 0 Å². The zero-order valence-corrected chi connectivity index (χ0v) is 6.79. The molecule has 0 saturated carbocycles. The normalized spacial score (nSPS) is 12.8. The van der Waals surface area contributed by atoms with E-state index in [2.05, 4.69) is 11.8 Å². The predicted molar refractivity (Wildman–Crippen MR) is 38.2 cm³/mol. The maximum absolute atomic E-state index is 5.91. The summed E-state index contributed by atoms with van der Waals surface area (Å²) in [5.74, 6) is 0. The quantitative estimate of drug-likeness (QED) is 0.413. The Kier molecular flexibility index (Phi) is 2.78. The molecule has 0 bridgehead atoms. The molecular weight excluding hydrogens is 122 g/mol. The Morgan fingerprint density at radius 1 is 1.50 bits per heavy atom. The van der Waals surface area contributed by atoms with Gasteiger partial charge in [-0.15, -0.1) is 11.6 Å². The maximum atomic E-state index is 5.91. The highest BCUT2D eigenvalue weighted by Crippen LogP contribution is 2.15. The van der Waals surface area contributed by atoms with Crippen molar-refractivity contribution >= 4 is 11.6 Å². The molecule has 0 aliphatic rings. The summed E-state index contributed by atoms with van der Waals surface area (Å²) in [4.78, 5) is 1.89. The largest absolute Gasteiger partial charge is 0.289 e. The van der Waals surface area contributed by atoms with Gasteiger partial charge in [0.05, 0.1) is 5.00 Å². The fourth-order valence-electron chi connectivity index (χ4n) is 0.376. The highest BCUT2D eigenvalue weighted by atomic mass is 35.5. The highest BCUT2D eigenvalue weighted by molar-refractivity contribution is 6.23. The standard InChI is InChI=1S/C6H14ClN/c1-5-8(4)6(2,3)7/h5H2,1-4H3. The van der Waals surface area contributed by atoms with Gasteiger partial charge in [-0.2, -0.15) is 0 Å². The summed E-state index contributed by atoms with van der Waals surface area (Å²) in [5, 5.41) is 0. The van der Waals surface area contributed by atoms with Crippen molar-refractivity contribution in [3.63, 3.8) is 0 Å². The fourth-order valence-corrected chi connectivity index (χ4v) is 0.496. The van der Waals surface area contributed by atoms with Gasteiger partial charge in [0.2, 0.25) is 0 Å². The molecule has 0 radical (unpaired) electrons. The summed E-state index contributed by atoms with van der Waals surface area (Å²) in [5.41, 5.74) is 0. The number of hydrogen-bond acceptors (Lipinski definition) is 1. The molecule has 0 aromatic rings. The zero-order chi connectivity index (χ0) is 6.78. The average molecular weight is 136 g/mol. The van der Waals surface area contributed by atoms with Gasteiger partial charge in [-0.3, -0.25) is 4.90 Å². The summed E-state index contributed by atoms with van der Waals surface area (Å²) >= 11 is 5.91. The molecule has 0 N–H and O–H groups in total. The molecule has 0 heterocycles. The highest BCUT2D eigenvalue weighted by Gasteiger charge is 2.16. The first-order valence-corrected chi connectivity index (χ1v) is 3.26. The lowest BCUT2D eigenvalue weighted by Crippen LogP contribution is -2.35. The first-order chi connectivity index (χ1) is 3.48. The van der Waals surface area contributed by atoms with Crippen molar-refractivity contribution in [1.82, 2.24) is 4.90 Å². The minimum atomic E-state index is -0.186. The van der Waals surface area contributed by atoms with Crippen LogP contribution in [0.5, 0.6) is 0 Å². The van der Waals surface area contributed by atoms with Gasteiger partial charge < -0.3 is 0 Å². The van der Waals surface area contributed by atoms with Crippen LogP contribution in [0.3, 0.4) is 0 Å². The van der Waals surface area contributed by atoms with Crippen LogP contribution in [0.1, 0.15) is 20.8 Å². The smallest absolute Gasteiger partial charge is 0.0901 e. The molecule has 0 saturated heterocycles. The van der Waals surface area contributed by atoms with Crippen molar-refractivity contribution in [3.05, 3.63) is 0 Å². The van der Waals surface area contributed by atoms with Crippen LogP contribution in [-0.4, -0.2) is 23.5 Å². The van der Waals surface area contributed by atoms with E-state index in [-0.39, 0.29) is 5.00 Å². The molecule has 0 unspecified atom stereocenters. The van der Waals surface area contributed by atoms with E-state index in [1.807, 2.05) is 20.9 Å². The molecule has 0 spiro atoms. The third-order valence-electron chi connectivity index (χ3n) is 1.38. The monoisotopic (exact) mass is 135 g/mol. The van der Waals surface area contributed by atoms with Crippen LogP contribution in [0, 0.1) is 0 Å². The number of alkyl halides is 1. The minimum absolute atomic E-state index is 0.186. The summed E-state index contributed by atoms with van der Waals surface area (Å²) in [6.07, 6.45) is 0. The zero-order valence-electron chi connectivity index (χ0n) is 6.03. The van der Waals surface area contributed by atoms with E-state index in [1.54, 1.807) is 0 Å². The van der Waals surface area contributed by atoms with E-state index >= 15 is 0 Å². The minimum Gasteiger partial charge on any atom is -0.289 e. The lowest BCUT2D eigenvalue weighted by atomic mass is 10.3. The summed E-state index contributed by atoms with van der Waals surface area (Å²) in [6, 6.07) is 0. The van der Waals surface area contributed by atoms with E-state index in [0.29, 0.717) is 0 Å². The molecular formula is C6H14ClN. The number of halogens is 1. The Morgan fingerprint density at radius 3 is 1.88 bits per heavy atom. The predicted octanol–water partition coefficient (Wildman–Crippen LogP) is 1.91. The van der Waals surface area contributed by atoms with E-state index in [1.165, 1.54) is 0 Å². The summed E-state index contributed by atoms with van der Waals surface area (Å²) in [6.45, 7) is 7.05. The third-order valence-corrected chi connectivity index (χ3v) is 1.67. The van der Waals surface area contributed by atoms with E-state index < -0.39 is 0 Å². The number of rotatable bonds is 2. The lowest BCUT2D eigenvalue weighted by molar-refractivity contribution is 0.250. The van der Waals surface area contributed by atoms with Crippen LogP contribution in [0.15, 0.2) is 0 Å². The Labute approximate surface area is 56.6 Å². The van der Waals surface area contributed by atoms with E-state index in [9.17, 15) is 0 Å². The molecule has 0 amide bonds. The van der Waals surface area contributed by atoms with Gasteiger partial charge in [0.25, 0.3) is 0 Å². The Balaban J connectivity index is 3.62. The second-order valence-corrected chi connectivity index (χ2v) is 3.35. The molecule has 0 rings (SSSR count).